The summed E-state index contributed by atoms with van der Waals surface area (Å²) in [7, 11) is 0. The molecule has 3 nitrogen and oxygen atoms in total. The van der Waals surface area contributed by atoms with Crippen LogP contribution in [0, 0.1) is 0 Å². The van der Waals surface area contributed by atoms with Crippen LogP contribution in [0.2, 0.25) is 5.02 Å². The lowest BCUT2D eigenvalue weighted by molar-refractivity contribution is 0.219. The molecule has 0 saturated carbocycles. The van der Waals surface area contributed by atoms with E-state index in [2.05, 4.69) is 20.9 Å². The zero-order chi connectivity index (χ0) is 11.5. The van der Waals surface area contributed by atoms with Gasteiger partial charge in [-0.05, 0) is 35.3 Å². The summed E-state index contributed by atoms with van der Waals surface area (Å²) in [5, 5.41) is 0.483. The molecule has 0 bridgehead atoms. The highest BCUT2D eigenvalue weighted by Gasteiger charge is 2.17. The highest BCUT2D eigenvalue weighted by molar-refractivity contribution is 9.10. The Kier molecular flexibility index (Phi) is 4.37. The highest BCUT2D eigenvalue weighted by Crippen LogP contribution is 2.25. The first-order valence-corrected chi connectivity index (χ1v) is 5.84. The number of pyridine rings is 1. The summed E-state index contributed by atoms with van der Waals surface area (Å²) in [5.41, 5.74) is 5.59. The second-order valence-electron chi connectivity index (χ2n) is 3.74. The van der Waals surface area contributed by atoms with E-state index in [-0.39, 0.29) is 5.54 Å². The van der Waals surface area contributed by atoms with Gasteiger partial charge in [-0.2, -0.15) is 0 Å². The standard InChI is InChI=1S/C10H14BrClN2O/c1-3-10(2,13)6-15-9-8(12)4-7(11)5-14-9/h4-5H,3,6,13H2,1-2H3. The number of nitrogens with zero attached hydrogens (tertiary/aromatic N) is 1. The van der Waals surface area contributed by atoms with Crippen LogP contribution in [-0.4, -0.2) is 17.1 Å². The van der Waals surface area contributed by atoms with Gasteiger partial charge in [0, 0.05) is 16.2 Å². The summed E-state index contributed by atoms with van der Waals surface area (Å²) < 4.78 is 6.28. The van der Waals surface area contributed by atoms with Crippen molar-refractivity contribution in [2.75, 3.05) is 6.61 Å². The van der Waals surface area contributed by atoms with E-state index < -0.39 is 0 Å². The first-order valence-electron chi connectivity index (χ1n) is 4.67. The van der Waals surface area contributed by atoms with E-state index >= 15 is 0 Å². The van der Waals surface area contributed by atoms with Gasteiger partial charge in [-0.25, -0.2) is 4.98 Å². The summed E-state index contributed by atoms with van der Waals surface area (Å²) in [6, 6.07) is 1.74. The highest BCUT2D eigenvalue weighted by atomic mass is 79.9. The number of hydrogen-bond acceptors (Lipinski definition) is 3. The normalized spacial score (nSPS) is 14.7. The maximum Gasteiger partial charge on any atom is 0.232 e. The van der Waals surface area contributed by atoms with Crippen molar-refractivity contribution in [3.63, 3.8) is 0 Å². The van der Waals surface area contributed by atoms with Crippen LogP contribution in [0.1, 0.15) is 20.3 Å². The number of halogens is 2. The first-order chi connectivity index (χ1) is 6.94. The van der Waals surface area contributed by atoms with Gasteiger partial charge < -0.3 is 10.5 Å². The third kappa shape index (κ3) is 3.97. The number of nitrogens with two attached hydrogens (primary N) is 1. The molecule has 0 fully saturated rings. The minimum atomic E-state index is -0.349. The Morgan fingerprint density at radius 3 is 2.87 bits per heavy atom. The van der Waals surface area contributed by atoms with E-state index in [1.807, 2.05) is 13.8 Å². The Morgan fingerprint density at radius 2 is 2.33 bits per heavy atom. The molecule has 1 aromatic rings. The van der Waals surface area contributed by atoms with Gasteiger partial charge in [0.25, 0.3) is 0 Å². The molecule has 2 N–H and O–H groups in total. The topological polar surface area (TPSA) is 48.1 Å². The largest absolute Gasteiger partial charge is 0.475 e. The molecule has 5 heteroatoms. The molecule has 0 saturated heterocycles. The lowest BCUT2D eigenvalue weighted by Crippen LogP contribution is -2.41. The number of hydrogen-bond donors (Lipinski definition) is 1. The minimum Gasteiger partial charge on any atom is -0.475 e. The molecule has 1 rings (SSSR count). The zero-order valence-electron chi connectivity index (χ0n) is 8.76. The molecule has 0 amide bonds. The average molecular weight is 294 g/mol. The molecule has 0 radical (unpaired) electrons. The summed E-state index contributed by atoms with van der Waals surface area (Å²) in [6.07, 6.45) is 2.47. The molecule has 15 heavy (non-hydrogen) atoms. The summed E-state index contributed by atoms with van der Waals surface area (Å²) in [4.78, 5) is 4.06. The second kappa shape index (κ2) is 5.14. The van der Waals surface area contributed by atoms with Crippen LogP contribution >= 0.6 is 27.5 Å². The van der Waals surface area contributed by atoms with Crippen LogP contribution in [0.15, 0.2) is 16.7 Å². The van der Waals surface area contributed by atoms with Crippen molar-refractivity contribution in [1.29, 1.82) is 0 Å². The molecular weight excluding hydrogens is 279 g/mol. The maximum absolute atomic E-state index is 5.94. The SMILES string of the molecule is CCC(C)(N)COc1ncc(Br)cc1Cl. The average Bonchev–Trinajstić information content (AvgIpc) is 2.16. The fourth-order valence-corrected chi connectivity index (χ4v) is 1.53. The first kappa shape index (κ1) is 12.7. The molecule has 0 aliphatic heterocycles. The maximum atomic E-state index is 5.94. The molecule has 0 spiro atoms. The van der Waals surface area contributed by atoms with Crippen molar-refractivity contribution in [2.24, 2.45) is 5.73 Å². The minimum absolute atomic E-state index is 0.349. The molecule has 0 aromatic carbocycles. The van der Waals surface area contributed by atoms with Crippen molar-refractivity contribution in [2.45, 2.75) is 25.8 Å². The van der Waals surface area contributed by atoms with Crippen LogP contribution in [0.4, 0.5) is 0 Å². The molecule has 0 aliphatic carbocycles. The van der Waals surface area contributed by atoms with Gasteiger partial charge in [0.15, 0.2) is 0 Å². The van der Waals surface area contributed by atoms with Crippen molar-refractivity contribution in [1.82, 2.24) is 4.98 Å². The summed E-state index contributed by atoms with van der Waals surface area (Å²) in [6.45, 7) is 4.34. The molecule has 1 unspecified atom stereocenters. The molecule has 0 aliphatic rings. The Bertz CT molecular complexity index is 344. The van der Waals surface area contributed by atoms with Gasteiger partial charge in [0.1, 0.15) is 11.6 Å². The predicted octanol–water partition coefficient (Wildman–Crippen LogP) is 3.00. The Labute approximate surface area is 103 Å². The second-order valence-corrected chi connectivity index (χ2v) is 5.06. The Balaban J connectivity index is 2.66. The fourth-order valence-electron chi connectivity index (χ4n) is 0.844. The smallest absolute Gasteiger partial charge is 0.232 e. The van der Waals surface area contributed by atoms with Crippen molar-refractivity contribution in [3.8, 4) is 5.88 Å². The molecule has 1 atom stereocenters. The van der Waals surface area contributed by atoms with Crippen LogP contribution < -0.4 is 10.5 Å². The Morgan fingerprint density at radius 1 is 1.67 bits per heavy atom. The number of ether oxygens (including phenoxy) is 1. The number of rotatable bonds is 4. The van der Waals surface area contributed by atoms with E-state index in [1.54, 1.807) is 12.3 Å². The van der Waals surface area contributed by atoms with Gasteiger partial charge in [0.2, 0.25) is 5.88 Å². The monoisotopic (exact) mass is 292 g/mol. The molecular formula is C10H14BrClN2O. The lowest BCUT2D eigenvalue weighted by atomic mass is 10.0. The fraction of sp³-hybridized carbons (Fsp3) is 0.500. The van der Waals surface area contributed by atoms with Crippen molar-refractivity contribution < 1.29 is 4.74 Å². The third-order valence-electron chi connectivity index (χ3n) is 2.12. The van der Waals surface area contributed by atoms with Gasteiger partial charge in [0.05, 0.1) is 0 Å². The third-order valence-corrected chi connectivity index (χ3v) is 2.82. The van der Waals surface area contributed by atoms with Crippen molar-refractivity contribution in [3.05, 3.63) is 21.8 Å². The van der Waals surface area contributed by atoms with Gasteiger partial charge in [-0.1, -0.05) is 18.5 Å². The van der Waals surface area contributed by atoms with Crippen molar-refractivity contribution >= 4 is 27.5 Å². The van der Waals surface area contributed by atoms with Crippen LogP contribution in [-0.2, 0) is 0 Å². The lowest BCUT2D eigenvalue weighted by Gasteiger charge is -2.22. The van der Waals surface area contributed by atoms with E-state index in [0.29, 0.717) is 17.5 Å². The van der Waals surface area contributed by atoms with E-state index in [4.69, 9.17) is 22.1 Å². The van der Waals surface area contributed by atoms with Gasteiger partial charge in [-0.3, -0.25) is 0 Å². The Hall–Kier alpha value is -0.320. The predicted molar refractivity (Wildman–Crippen MR) is 65.3 cm³/mol. The van der Waals surface area contributed by atoms with Crippen LogP contribution in [0.25, 0.3) is 0 Å². The van der Waals surface area contributed by atoms with Gasteiger partial charge in [-0.15, -0.1) is 0 Å². The summed E-state index contributed by atoms with van der Waals surface area (Å²) >= 11 is 9.22. The molecule has 1 aromatic heterocycles. The van der Waals surface area contributed by atoms with E-state index in [0.717, 1.165) is 10.9 Å². The van der Waals surface area contributed by atoms with Gasteiger partial charge >= 0.3 is 0 Å². The van der Waals surface area contributed by atoms with Crippen LogP contribution in [0.3, 0.4) is 0 Å². The molecule has 84 valence electrons. The van der Waals surface area contributed by atoms with E-state index in [1.165, 1.54) is 0 Å². The number of aromatic nitrogens is 1. The quantitative estimate of drug-likeness (QED) is 0.928. The van der Waals surface area contributed by atoms with E-state index in [9.17, 15) is 0 Å². The summed E-state index contributed by atoms with van der Waals surface area (Å²) in [5.74, 6) is 0.421. The zero-order valence-corrected chi connectivity index (χ0v) is 11.1. The van der Waals surface area contributed by atoms with Crippen LogP contribution in [0.5, 0.6) is 5.88 Å². The molecule has 1 heterocycles.